The van der Waals surface area contributed by atoms with Crippen LogP contribution in [0.4, 0.5) is 0 Å². The Labute approximate surface area is 195 Å². The fraction of sp³-hybridized carbons (Fsp3) is 0.542. The van der Waals surface area contributed by atoms with E-state index < -0.39 is 0 Å². The van der Waals surface area contributed by atoms with E-state index in [1.165, 1.54) is 31.0 Å². The first-order valence-corrected chi connectivity index (χ1v) is 12.2. The van der Waals surface area contributed by atoms with Gasteiger partial charge < -0.3 is 14.4 Å². The number of carbonyl (C=O) groups excluding carboxylic acids is 1. The molecule has 8 heteroatoms. The highest BCUT2D eigenvalue weighted by Gasteiger charge is 2.25. The molecule has 1 aromatic heterocycles. The van der Waals surface area contributed by atoms with Crippen molar-refractivity contribution in [3.05, 3.63) is 30.4 Å². The highest BCUT2D eigenvalue weighted by atomic mass is 32.2. The molecule has 1 aliphatic carbocycles. The highest BCUT2D eigenvalue weighted by Crippen LogP contribution is 2.38. The van der Waals surface area contributed by atoms with Gasteiger partial charge in [0.2, 0.25) is 5.91 Å². The fourth-order valence-electron chi connectivity index (χ4n) is 4.14. The quantitative estimate of drug-likeness (QED) is 0.369. The van der Waals surface area contributed by atoms with Gasteiger partial charge in [-0.05, 0) is 44.9 Å². The van der Waals surface area contributed by atoms with Crippen molar-refractivity contribution in [1.82, 2.24) is 19.7 Å². The third-order valence-corrected chi connectivity index (χ3v) is 6.69. The molecule has 0 atom stereocenters. The lowest BCUT2D eigenvalue weighted by Gasteiger charge is -2.26. The van der Waals surface area contributed by atoms with Crippen LogP contribution in [-0.2, 0) is 4.79 Å². The standard InChI is InChI=1S/C24H34N4O3S/c1-6-27(15-17(2)3)22(29)16-32-24-26-25-23(28(24)19-10-8-7-9-11-19)18-12-13-20(30-4)21(14-18)31-5/h12-14,19H,2,6-11,15-16H2,1,3-5H3. The second-order valence-electron chi connectivity index (χ2n) is 8.19. The first kappa shape index (κ1) is 24.2. The predicted molar refractivity (Wildman–Crippen MR) is 128 cm³/mol. The van der Waals surface area contributed by atoms with Gasteiger partial charge in [-0.25, -0.2) is 0 Å². The molecule has 0 N–H and O–H groups in total. The van der Waals surface area contributed by atoms with Crippen LogP contribution >= 0.6 is 11.8 Å². The molecule has 0 aliphatic heterocycles. The van der Waals surface area contributed by atoms with E-state index in [0.717, 1.165) is 35.0 Å². The van der Waals surface area contributed by atoms with Crippen molar-refractivity contribution in [3.8, 4) is 22.9 Å². The minimum absolute atomic E-state index is 0.0892. The number of carbonyl (C=O) groups is 1. The second-order valence-corrected chi connectivity index (χ2v) is 9.13. The minimum atomic E-state index is 0.0892. The molecular formula is C24H34N4O3S. The van der Waals surface area contributed by atoms with Gasteiger partial charge in [0.25, 0.3) is 0 Å². The Hall–Kier alpha value is -2.48. The Bertz CT molecular complexity index is 937. The molecule has 0 saturated heterocycles. The van der Waals surface area contributed by atoms with E-state index in [1.54, 1.807) is 14.2 Å². The van der Waals surface area contributed by atoms with Crippen LogP contribution in [0.5, 0.6) is 11.5 Å². The molecule has 0 radical (unpaired) electrons. The number of amides is 1. The van der Waals surface area contributed by atoms with Gasteiger partial charge in [0.15, 0.2) is 22.5 Å². The molecule has 1 aromatic carbocycles. The first-order chi connectivity index (χ1) is 15.5. The molecular weight excluding hydrogens is 424 g/mol. The summed E-state index contributed by atoms with van der Waals surface area (Å²) in [5.74, 6) is 2.56. The van der Waals surface area contributed by atoms with Crippen molar-refractivity contribution in [3.63, 3.8) is 0 Å². The third-order valence-electron chi connectivity index (χ3n) is 5.77. The molecule has 32 heavy (non-hydrogen) atoms. The number of rotatable bonds is 10. The molecule has 3 rings (SSSR count). The summed E-state index contributed by atoms with van der Waals surface area (Å²) in [6, 6.07) is 6.14. The molecule has 1 saturated carbocycles. The Balaban J connectivity index is 1.90. The SMILES string of the molecule is C=C(C)CN(CC)C(=O)CSc1nnc(-c2ccc(OC)c(OC)c2)n1C1CCCCC1. The number of likely N-dealkylation sites (N-methyl/N-ethyl adjacent to an activating group) is 1. The van der Waals surface area contributed by atoms with Crippen molar-refractivity contribution >= 4 is 17.7 Å². The van der Waals surface area contributed by atoms with Crippen molar-refractivity contribution in [2.24, 2.45) is 0 Å². The van der Waals surface area contributed by atoms with E-state index in [2.05, 4.69) is 21.3 Å². The highest BCUT2D eigenvalue weighted by molar-refractivity contribution is 7.99. The number of aromatic nitrogens is 3. The Morgan fingerprint density at radius 2 is 1.91 bits per heavy atom. The van der Waals surface area contributed by atoms with Crippen LogP contribution in [0.15, 0.2) is 35.5 Å². The van der Waals surface area contributed by atoms with E-state index in [1.807, 2.05) is 36.9 Å². The van der Waals surface area contributed by atoms with Crippen LogP contribution < -0.4 is 9.47 Å². The van der Waals surface area contributed by atoms with Crippen LogP contribution in [0.2, 0.25) is 0 Å². The van der Waals surface area contributed by atoms with Crippen LogP contribution in [0.3, 0.4) is 0 Å². The maximum absolute atomic E-state index is 12.8. The maximum Gasteiger partial charge on any atom is 0.233 e. The zero-order chi connectivity index (χ0) is 23.1. The van der Waals surface area contributed by atoms with Gasteiger partial charge in [0, 0.05) is 24.7 Å². The molecule has 2 aromatic rings. The number of hydrogen-bond donors (Lipinski definition) is 0. The Morgan fingerprint density at radius 3 is 2.53 bits per heavy atom. The topological polar surface area (TPSA) is 69.5 Å². The monoisotopic (exact) mass is 458 g/mol. The predicted octanol–water partition coefficient (Wildman–Crippen LogP) is 4.98. The smallest absolute Gasteiger partial charge is 0.233 e. The lowest BCUT2D eigenvalue weighted by Crippen LogP contribution is -2.33. The number of thioether (sulfide) groups is 1. The van der Waals surface area contributed by atoms with Gasteiger partial charge in [0.05, 0.1) is 20.0 Å². The third kappa shape index (κ3) is 5.65. The summed E-state index contributed by atoms with van der Waals surface area (Å²) in [7, 11) is 3.26. The molecule has 1 fully saturated rings. The van der Waals surface area contributed by atoms with Crippen LogP contribution in [0.25, 0.3) is 11.4 Å². The van der Waals surface area contributed by atoms with Crippen molar-refractivity contribution < 1.29 is 14.3 Å². The molecule has 0 spiro atoms. The molecule has 1 heterocycles. The van der Waals surface area contributed by atoms with Gasteiger partial charge >= 0.3 is 0 Å². The average molecular weight is 459 g/mol. The number of benzene rings is 1. The summed E-state index contributed by atoms with van der Waals surface area (Å²) in [6.45, 7) is 9.12. The van der Waals surface area contributed by atoms with Gasteiger partial charge in [-0.15, -0.1) is 10.2 Å². The minimum Gasteiger partial charge on any atom is -0.493 e. The summed E-state index contributed by atoms with van der Waals surface area (Å²) in [6.07, 6.45) is 5.84. The van der Waals surface area contributed by atoms with Crippen molar-refractivity contribution in [2.75, 3.05) is 33.1 Å². The normalized spacial score (nSPS) is 14.2. The fourth-order valence-corrected chi connectivity index (χ4v) is 5.04. The van der Waals surface area contributed by atoms with E-state index in [4.69, 9.17) is 9.47 Å². The zero-order valence-corrected chi connectivity index (χ0v) is 20.4. The molecule has 174 valence electrons. The van der Waals surface area contributed by atoms with Gasteiger partial charge in [-0.3, -0.25) is 9.36 Å². The second kappa shape index (κ2) is 11.4. The average Bonchev–Trinajstić information content (AvgIpc) is 3.24. The molecule has 1 aliphatic rings. The summed E-state index contributed by atoms with van der Waals surface area (Å²) >= 11 is 1.47. The Kier molecular flexibility index (Phi) is 8.61. The summed E-state index contributed by atoms with van der Waals surface area (Å²) < 4.78 is 13.1. The van der Waals surface area contributed by atoms with Gasteiger partial charge in [0.1, 0.15) is 0 Å². The summed E-state index contributed by atoms with van der Waals surface area (Å²) in [5.41, 5.74) is 1.91. The van der Waals surface area contributed by atoms with Crippen LogP contribution in [0, 0.1) is 0 Å². The van der Waals surface area contributed by atoms with E-state index >= 15 is 0 Å². The lowest BCUT2D eigenvalue weighted by atomic mass is 9.95. The number of ether oxygens (including phenoxy) is 2. The number of hydrogen-bond acceptors (Lipinski definition) is 6. The molecule has 7 nitrogen and oxygen atoms in total. The molecule has 0 bridgehead atoms. The van der Waals surface area contributed by atoms with Crippen molar-refractivity contribution in [1.29, 1.82) is 0 Å². The first-order valence-electron chi connectivity index (χ1n) is 11.2. The summed E-state index contributed by atoms with van der Waals surface area (Å²) in [4.78, 5) is 14.6. The van der Waals surface area contributed by atoms with E-state index in [-0.39, 0.29) is 5.91 Å². The van der Waals surface area contributed by atoms with Crippen LogP contribution in [-0.4, -0.2) is 58.6 Å². The lowest BCUT2D eigenvalue weighted by molar-refractivity contribution is -0.127. The van der Waals surface area contributed by atoms with Crippen molar-refractivity contribution in [2.45, 2.75) is 57.1 Å². The number of nitrogens with zero attached hydrogens (tertiary/aromatic N) is 4. The summed E-state index contributed by atoms with van der Waals surface area (Å²) in [5, 5.41) is 9.83. The number of methoxy groups -OCH3 is 2. The molecule has 0 unspecified atom stereocenters. The maximum atomic E-state index is 12.8. The molecule has 1 amide bonds. The largest absolute Gasteiger partial charge is 0.493 e. The van der Waals surface area contributed by atoms with Gasteiger partial charge in [-0.2, -0.15) is 0 Å². The van der Waals surface area contributed by atoms with Gasteiger partial charge in [-0.1, -0.05) is 43.2 Å². The zero-order valence-electron chi connectivity index (χ0n) is 19.6. The van der Waals surface area contributed by atoms with E-state index in [0.29, 0.717) is 36.4 Å². The Morgan fingerprint density at radius 1 is 1.19 bits per heavy atom. The van der Waals surface area contributed by atoms with Crippen LogP contribution in [0.1, 0.15) is 52.0 Å². The van der Waals surface area contributed by atoms with E-state index in [9.17, 15) is 4.79 Å².